The van der Waals surface area contributed by atoms with E-state index in [4.69, 9.17) is 0 Å². The standard InChI is InChI=1S/C52H33NS2/c1-3-14-34(15-4-1)37-30-38(35-16-5-2-6-17-35)32-39(31-37)53(48-23-13-22-45-43-20-9-12-25-50(43)55-52(45)48)47-28-27-40(41-18-7-8-19-42(41)47)36-26-29-51-46(33-36)44-21-10-11-24-49(44)54-51/h1-33H. The molecule has 0 bridgehead atoms. The molecule has 0 amide bonds. The summed E-state index contributed by atoms with van der Waals surface area (Å²) in [5, 5.41) is 7.65. The first kappa shape index (κ1) is 32.0. The van der Waals surface area contributed by atoms with E-state index in [1.165, 1.54) is 90.2 Å². The third kappa shape index (κ3) is 5.43. The van der Waals surface area contributed by atoms with Gasteiger partial charge in [-0.1, -0.05) is 146 Å². The molecule has 55 heavy (non-hydrogen) atoms. The average molecular weight is 736 g/mol. The predicted molar refractivity (Wildman–Crippen MR) is 241 cm³/mol. The van der Waals surface area contributed by atoms with Gasteiger partial charge in [-0.2, -0.15) is 0 Å². The molecule has 0 atom stereocenters. The van der Waals surface area contributed by atoms with Crippen molar-refractivity contribution in [3.05, 3.63) is 200 Å². The first-order chi connectivity index (χ1) is 27.3. The molecular weight excluding hydrogens is 703 g/mol. The molecule has 0 saturated heterocycles. The van der Waals surface area contributed by atoms with Crippen LogP contribution in [0, 0.1) is 0 Å². The van der Waals surface area contributed by atoms with E-state index in [1.807, 2.05) is 22.7 Å². The third-order valence-electron chi connectivity index (χ3n) is 10.8. The molecule has 2 heterocycles. The number of nitrogens with zero attached hydrogens (tertiary/aromatic N) is 1. The Bertz CT molecular complexity index is 3150. The molecule has 0 aliphatic carbocycles. The zero-order chi connectivity index (χ0) is 36.3. The second-order valence-electron chi connectivity index (χ2n) is 14.1. The Hall–Kier alpha value is -6.52. The number of rotatable bonds is 6. The summed E-state index contributed by atoms with van der Waals surface area (Å²) in [5.74, 6) is 0. The van der Waals surface area contributed by atoms with Crippen molar-refractivity contribution in [3.63, 3.8) is 0 Å². The highest BCUT2D eigenvalue weighted by atomic mass is 32.1. The number of hydrogen-bond donors (Lipinski definition) is 0. The van der Waals surface area contributed by atoms with Gasteiger partial charge >= 0.3 is 0 Å². The van der Waals surface area contributed by atoms with Crippen LogP contribution in [0.4, 0.5) is 17.1 Å². The summed E-state index contributed by atoms with van der Waals surface area (Å²) in [4.78, 5) is 2.51. The van der Waals surface area contributed by atoms with Crippen LogP contribution in [0.2, 0.25) is 0 Å². The highest BCUT2D eigenvalue weighted by molar-refractivity contribution is 7.26. The van der Waals surface area contributed by atoms with Gasteiger partial charge in [-0.15, -0.1) is 22.7 Å². The summed E-state index contributed by atoms with van der Waals surface area (Å²) in [6, 6.07) is 73.6. The van der Waals surface area contributed by atoms with Crippen molar-refractivity contribution < 1.29 is 0 Å². The molecule has 0 aliphatic heterocycles. The first-order valence-electron chi connectivity index (χ1n) is 18.7. The summed E-state index contributed by atoms with van der Waals surface area (Å²) in [6.45, 7) is 0. The second kappa shape index (κ2) is 13.1. The number of thiophene rings is 2. The van der Waals surface area contributed by atoms with Gasteiger partial charge in [-0.05, 0) is 93.4 Å². The quantitative estimate of drug-likeness (QED) is 0.164. The van der Waals surface area contributed by atoms with E-state index in [2.05, 4.69) is 205 Å². The Morgan fingerprint density at radius 3 is 1.56 bits per heavy atom. The summed E-state index contributed by atoms with van der Waals surface area (Å²) < 4.78 is 5.22. The van der Waals surface area contributed by atoms with Crippen molar-refractivity contribution in [2.45, 2.75) is 0 Å². The Kier molecular flexibility index (Phi) is 7.61. The minimum atomic E-state index is 1.12. The van der Waals surface area contributed by atoms with Crippen LogP contribution in [0.3, 0.4) is 0 Å². The van der Waals surface area contributed by atoms with E-state index in [-0.39, 0.29) is 0 Å². The summed E-state index contributed by atoms with van der Waals surface area (Å²) in [7, 11) is 0. The maximum Gasteiger partial charge on any atom is 0.0640 e. The molecule has 0 saturated carbocycles. The molecule has 11 rings (SSSR count). The smallest absolute Gasteiger partial charge is 0.0640 e. The lowest BCUT2D eigenvalue weighted by atomic mass is 9.94. The van der Waals surface area contributed by atoms with Gasteiger partial charge in [0.15, 0.2) is 0 Å². The van der Waals surface area contributed by atoms with Crippen LogP contribution in [-0.4, -0.2) is 0 Å². The molecule has 258 valence electrons. The van der Waals surface area contributed by atoms with Gasteiger partial charge in [0.2, 0.25) is 0 Å². The van der Waals surface area contributed by atoms with E-state index in [1.54, 1.807) is 0 Å². The molecule has 0 spiro atoms. The van der Waals surface area contributed by atoms with Gasteiger partial charge < -0.3 is 4.90 Å². The predicted octanol–water partition coefficient (Wildman–Crippen LogP) is 16.0. The van der Waals surface area contributed by atoms with E-state index in [0.717, 1.165) is 11.4 Å². The monoisotopic (exact) mass is 735 g/mol. The van der Waals surface area contributed by atoms with E-state index < -0.39 is 0 Å². The SMILES string of the molecule is c1ccc(-c2cc(-c3ccccc3)cc(N(c3ccc(-c4ccc5sc6ccccc6c5c4)c4ccccc34)c3cccc4c3sc3ccccc34)c2)cc1. The van der Waals surface area contributed by atoms with Crippen LogP contribution >= 0.6 is 22.7 Å². The minimum absolute atomic E-state index is 1.12. The normalized spacial score (nSPS) is 11.6. The molecule has 9 aromatic carbocycles. The molecule has 0 unspecified atom stereocenters. The Morgan fingerprint density at radius 2 is 0.855 bits per heavy atom. The number of hydrogen-bond acceptors (Lipinski definition) is 3. The van der Waals surface area contributed by atoms with Gasteiger partial charge in [-0.25, -0.2) is 0 Å². The molecule has 1 nitrogen and oxygen atoms in total. The molecule has 2 aromatic heterocycles. The van der Waals surface area contributed by atoms with E-state index >= 15 is 0 Å². The van der Waals surface area contributed by atoms with Crippen LogP contribution in [0.25, 0.3) is 84.5 Å². The van der Waals surface area contributed by atoms with Crippen LogP contribution in [0.1, 0.15) is 0 Å². The molecular formula is C52H33NS2. The van der Waals surface area contributed by atoms with Crippen LogP contribution in [0.5, 0.6) is 0 Å². The molecule has 0 aliphatic rings. The highest BCUT2D eigenvalue weighted by Gasteiger charge is 2.22. The van der Waals surface area contributed by atoms with Crippen LogP contribution in [0.15, 0.2) is 200 Å². The third-order valence-corrected chi connectivity index (χ3v) is 13.2. The minimum Gasteiger partial charge on any atom is -0.308 e. The largest absolute Gasteiger partial charge is 0.308 e. The van der Waals surface area contributed by atoms with Crippen molar-refractivity contribution in [2.75, 3.05) is 4.90 Å². The van der Waals surface area contributed by atoms with Crippen molar-refractivity contribution in [1.29, 1.82) is 0 Å². The first-order valence-corrected chi connectivity index (χ1v) is 20.3. The Labute approximate surface area is 327 Å². The van der Waals surface area contributed by atoms with Gasteiger partial charge in [0.1, 0.15) is 0 Å². The molecule has 0 radical (unpaired) electrons. The van der Waals surface area contributed by atoms with Gasteiger partial charge in [0.05, 0.1) is 16.1 Å². The fourth-order valence-corrected chi connectivity index (χ4v) is 10.6. The molecule has 0 N–H and O–H groups in total. The lowest BCUT2D eigenvalue weighted by molar-refractivity contribution is 1.32. The fourth-order valence-electron chi connectivity index (χ4n) is 8.27. The lowest BCUT2D eigenvalue weighted by Gasteiger charge is -2.29. The van der Waals surface area contributed by atoms with Crippen molar-refractivity contribution in [2.24, 2.45) is 0 Å². The van der Waals surface area contributed by atoms with Crippen molar-refractivity contribution >= 4 is 90.9 Å². The number of benzene rings is 9. The van der Waals surface area contributed by atoms with Crippen LogP contribution < -0.4 is 4.90 Å². The maximum absolute atomic E-state index is 2.51. The van der Waals surface area contributed by atoms with E-state index in [9.17, 15) is 0 Å². The molecule has 0 fully saturated rings. The average Bonchev–Trinajstić information content (AvgIpc) is 3.83. The summed E-state index contributed by atoms with van der Waals surface area (Å²) in [5.41, 5.74) is 10.7. The zero-order valence-corrected chi connectivity index (χ0v) is 31.4. The second-order valence-corrected chi connectivity index (χ2v) is 16.2. The Morgan fingerprint density at radius 1 is 0.291 bits per heavy atom. The van der Waals surface area contributed by atoms with Gasteiger partial charge in [0.25, 0.3) is 0 Å². The lowest BCUT2D eigenvalue weighted by Crippen LogP contribution is -2.11. The molecule has 11 aromatic rings. The van der Waals surface area contributed by atoms with Crippen molar-refractivity contribution in [3.8, 4) is 33.4 Å². The Balaban J connectivity index is 1.19. The molecule has 3 heteroatoms. The fraction of sp³-hybridized carbons (Fsp3) is 0. The van der Waals surface area contributed by atoms with Crippen LogP contribution in [-0.2, 0) is 0 Å². The van der Waals surface area contributed by atoms with E-state index in [0.29, 0.717) is 0 Å². The number of anilines is 3. The summed E-state index contributed by atoms with van der Waals surface area (Å²) >= 11 is 3.74. The zero-order valence-electron chi connectivity index (χ0n) is 29.8. The van der Waals surface area contributed by atoms with Crippen molar-refractivity contribution in [1.82, 2.24) is 0 Å². The topological polar surface area (TPSA) is 3.24 Å². The van der Waals surface area contributed by atoms with Gasteiger partial charge in [0, 0.05) is 46.7 Å². The highest BCUT2D eigenvalue weighted by Crippen LogP contribution is 2.49. The maximum atomic E-state index is 2.51. The number of fused-ring (bicyclic) bond motifs is 7. The summed E-state index contributed by atoms with van der Waals surface area (Å²) in [6.07, 6.45) is 0. The van der Waals surface area contributed by atoms with Gasteiger partial charge in [-0.3, -0.25) is 0 Å².